The lowest BCUT2D eigenvalue weighted by molar-refractivity contribution is -0.113. The molecular weight excluding hydrogens is 376 g/mol. The summed E-state index contributed by atoms with van der Waals surface area (Å²) in [5.41, 5.74) is 4.73. The average molecular weight is 394 g/mol. The highest BCUT2D eigenvalue weighted by Gasteiger charge is 2.36. The Morgan fingerprint density at radius 1 is 1.03 bits per heavy atom. The summed E-state index contributed by atoms with van der Waals surface area (Å²) >= 11 is 1.74. The Balaban J connectivity index is 1.58. The van der Waals surface area contributed by atoms with Crippen LogP contribution in [0.5, 0.6) is 0 Å². The smallest absolute Gasteiger partial charge is 0.266 e. The van der Waals surface area contributed by atoms with Crippen molar-refractivity contribution >= 4 is 39.7 Å². The maximum absolute atomic E-state index is 12.1. The van der Waals surface area contributed by atoms with Gasteiger partial charge in [0.15, 0.2) is 0 Å². The molecule has 3 nitrogen and oxygen atoms in total. The van der Waals surface area contributed by atoms with Crippen molar-refractivity contribution in [3.63, 3.8) is 0 Å². The third kappa shape index (κ3) is 2.82. The molecule has 1 amide bonds. The van der Waals surface area contributed by atoms with E-state index in [1.807, 2.05) is 24.3 Å². The first-order chi connectivity index (χ1) is 14.1. The van der Waals surface area contributed by atoms with E-state index < -0.39 is 5.91 Å². The quantitative estimate of drug-likeness (QED) is 0.561. The lowest BCUT2D eigenvalue weighted by Gasteiger charge is -2.10. The predicted octanol–water partition coefficient (Wildman–Crippen LogP) is 5.81. The number of aliphatic imine (C=N–C) groups is 1. The molecule has 0 fully saturated rings. The summed E-state index contributed by atoms with van der Waals surface area (Å²) in [5, 5.41) is 11.7. The SMILES string of the molecule is CC(C)Cc1ccc(Sc2ccc3c4c(cccc24)C2=C(C#N)C(=O)N=C23)cc1. The molecule has 0 N–H and O–H groups in total. The van der Waals surface area contributed by atoms with Gasteiger partial charge in [0, 0.05) is 26.3 Å². The van der Waals surface area contributed by atoms with Crippen molar-refractivity contribution < 1.29 is 4.79 Å². The maximum atomic E-state index is 12.1. The number of nitriles is 1. The minimum atomic E-state index is -0.430. The Hall–Kier alpha value is -3.16. The Labute approximate surface area is 173 Å². The molecule has 2 aliphatic rings. The summed E-state index contributed by atoms with van der Waals surface area (Å²) in [6.45, 7) is 4.46. The molecule has 1 aliphatic carbocycles. The van der Waals surface area contributed by atoms with Crippen LogP contribution < -0.4 is 0 Å². The molecule has 0 radical (unpaired) electrons. The number of allylic oxidation sites excluding steroid dienone is 1. The topological polar surface area (TPSA) is 53.2 Å². The van der Waals surface area contributed by atoms with Gasteiger partial charge in [0.25, 0.3) is 5.91 Å². The number of amides is 1. The van der Waals surface area contributed by atoms with Crippen molar-refractivity contribution in [1.82, 2.24) is 0 Å². The molecule has 1 heterocycles. The molecule has 3 aromatic rings. The lowest BCUT2D eigenvalue weighted by atomic mass is 10.0. The van der Waals surface area contributed by atoms with Crippen LogP contribution in [0.1, 0.15) is 30.5 Å². The second-order valence-corrected chi connectivity index (χ2v) is 8.93. The van der Waals surface area contributed by atoms with E-state index in [-0.39, 0.29) is 5.57 Å². The minimum Gasteiger partial charge on any atom is -0.266 e. The van der Waals surface area contributed by atoms with Gasteiger partial charge in [0.05, 0.1) is 5.71 Å². The number of fused-ring (bicyclic) bond motifs is 3. The van der Waals surface area contributed by atoms with E-state index in [1.54, 1.807) is 11.8 Å². The maximum Gasteiger partial charge on any atom is 0.288 e. The molecule has 140 valence electrons. The van der Waals surface area contributed by atoms with Crippen molar-refractivity contribution in [2.45, 2.75) is 30.1 Å². The van der Waals surface area contributed by atoms with Gasteiger partial charge >= 0.3 is 0 Å². The highest BCUT2D eigenvalue weighted by molar-refractivity contribution is 7.99. The van der Waals surface area contributed by atoms with Gasteiger partial charge in [0.1, 0.15) is 11.6 Å². The number of carbonyl (C=O) groups excluding carboxylic acids is 1. The Bertz CT molecular complexity index is 1290. The van der Waals surface area contributed by atoms with E-state index in [9.17, 15) is 10.1 Å². The van der Waals surface area contributed by atoms with E-state index in [2.05, 4.69) is 55.2 Å². The van der Waals surface area contributed by atoms with Crippen LogP contribution in [0.3, 0.4) is 0 Å². The number of hydrogen-bond acceptors (Lipinski definition) is 3. The minimum absolute atomic E-state index is 0.152. The van der Waals surface area contributed by atoms with E-state index in [4.69, 9.17) is 0 Å². The van der Waals surface area contributed by atoms with E-state index in [1.165, 1.54) is 10.5 Å². The third-order valence-electron chi connectivity index (χ3n) is 5.35. The monoisotopic (exact) mass is 394 g/mol. The molecule has 1 aliphatic heterocycles. The fourth-order valence-corrected chi connectivity index (χ4v) is 5.11. The van der Waals surface area contributed by atoms with Crippen LogP contribution in [0.4, 0.5) is 0 Å². The molecule has 3 aromatic carbocycles. The van der Waals surface area contributed by atoms with Gasteiger partial charge < -0.3 is 0 Å². The fourth-order valence-electron chi connectivity index (χ4n) is 4.17. The zero-order chi connectivity index (χ0) is 20.1. The predicted molar refractivity (Wildman–Crippen MR) is 117 cm³/mol. The van der Waals surface area contributed by atoms with Crippen LogP contribution in [-0.2, 0) is 11.2 Å². The number of carbonyl (C=O) groups is 1. The molecule has 0 bridgehead atoms. The van der Waals surface area contributed by atoms with E-state index in [0.29, 0.717) is 17.2 Å². The normalized spacial score (nSPS) is 14.6. The standard InChI is InChI=1S/C25H18N2OS/c1-14(2)12-15-6-8-16(9-7-15)29-21-11-10-19-22-17(21)4-3-5-18(22)23-20(13-26)25(28)27-24(19)23/h3-11,14H,12H2,1-2H3. The van der Waals surface area contributed by atoms with Crippen molar-refractivity contribution in [3.05, 3.63) is 76.9 Å². The van der Waals surface area contributed by atoms with E-state index >= 15 is 0 Å². The summed E-state index contributed by atoms with van der Waals surface area (Å²) in [4.78, 5) is 18.6. The molecule has 0 saturated heterocycles. The van der Waals surface area contributed by atoms with Gasteiger partial charge in [0.2, 0.25) is 0 Å². The van der Waals surface area contributed by atoms with Gasteiger partial charge in [-0.05, 0) is 47.1 Å². The number of hydrogen-bond donors (Lipinski definition) is 0. The van der Waals surface area contributed by atoms with Gasteiger partial charge in [-0.3, -0.25) is 4.79 Å². The fraction of sp³-hybridized carbons (Fsp3) is 0.160. The molecule has 4 heteroatoms. The molecular formula is C25H18N2OS. The Kier molecular flexibility index (Phi) is 4.15. The summed E-state index contributed by atoms with van der Waals surface area (Å²) in [7, 11) is 0. The van der Waals surface area contributed by atoms with Crippen LogP contribution in [0.2, 0.25) is 0 Å². The molecule has 0 atom stereocenters. The van der Waals surface area contributed by atoms with Crippen molar-refractivity contribution in [3.8, 4) is 6.07 Å². The molecule has 0 spiro atoms. The number of benzene rings is 3. The summed E-state index contributed by atoms with van der Waals surface area (Å²) in [6, 6.07) is 21.0. The molecule has 29 heavy (non-hydrogen) atoms. The van der Waals surface area contributed by atoms with Crippen molar-refractivity contribution in [2.24, 2.45) is 10.9 Å². The summed E-state index contributed by atoms with van der Waals surface area (Å²) < 4.78 is 0. The van der Waals surface area contributed by atoms with Gasteiger partial charge in [-0.2, -0.15) is 5.26 Å². The number of rotatable bonds is 4. The van der Waals surface area contributed by atoms with Gasteiger partial charge in [-0.1, -0.05) is 62.0 Å². The largest absolute Gasteiger partial charge is 0.288 e. The van der Waals surface area contributed by atoms with Gasteiger partial charge in [-0.25, -0.2) is 4.99 Å². The second-order valence-electron chi connectivity index (χ2n) is 7.81. The summed E-state index contributed by atoms with van der Waals surface area (Å²) in [6.07, 6.45) is 1.09. The van der Waals surface area contributed by atoms with Crippen LogP contribution >= 0.6 is 11.8 Å². The second kappa shape index (κ2) is 6.72. The zero-order valence-electron chi connectivity index (χ0n) is 16.2. The zero-order valence-corrected chi connectivity index (χ0v) is 17.0. The van der Waals surface area contributed by atoms with Crippen LogP contribution in [-0.4, -0.2) is 11.6 Å². The highest BCUT2D eigenvalue weighted by Crippen LogP contribution is 2.45. The average Bonchev–Trinajstić information content (AvgIpc) is 3.19. The van der Waals surface area contributed by atoms with Crippen molar-refractivity contribution in [1.29, 1.82) is 5.26 Å². The Morgan fingerprint density at radius 3 is 2.55 bits per heavy atom. The van der Waals surface area contributed by atoms with E-state index in [0.717, 1.165) is 33.2 Å². The number of nitrogens with zero attached hydrogens (tertiary/aromatic N) is 2. The lowest BCUT2D eigenvalue weighted by Crippen LogP contribution is -1.94. The van der Waals surface area contributed by atoms with Crippen LogP contribution in [0.25, 0.3) is 16.3 Å². The first-order valence-electron chi connectivity index (χ1n) is 9.68. The van der Waals surface area contributed by atoms with Crippen molar-refractivity contribution in [2.75, 3.05) is 0 Å². The third-order valence-corrected chi connectivity index (χ3v) is 6.43. The Morgan fingerprint density at radius 2 is 1.83 bits per heavy atom. The molecule has 0 saturated carbocycles. The summed E-state index contributed by atoms with van der Waals surface area (Å²) in [5.74, 6) is 0.215. The first-order valence-corrected chi connectivity index (χ1v) is 10.5. The first kappa shape index (κ1) is 17.9. The van der Waals surface area contributed by atoms with Crippen LogP contribution in [0, 0.1) is 17.2 Å². The molecule has 5 rings (SSSR count). The van der Waals surface area contributed by atoms with Crippen LogP contribution in [0.15, 0.2) is 75.0 Å². The highest BCUT2D eigenvalue weighted by atomic mass is 32.2. The molecule has 0 unspecified atom stereocenters. The molecule has 0 aromatic heterocycles. The van der Waals surface area contributed by atoms with Gasteiger partial charge in [-0.15, -0.1) is 0 Å².